The van der Waals surface area contributed by atoms with Crippen LogP contribution in [-0.2, 0) is 30.5 Å². The Kier molecular flexibility index (Phi) is 8.70. The van der Waals surface area contributed by atoms with Crippen LogP contribution < -0.4 is 15.4 Å². The van der Waals surface area contributed by atoms with Crippen molar-refractivity contribution in [3.05, 3.63) is 45.4 Å². The van der Waals surface area contributed by atoms with Crippen molar-refractivity contribution in [1.29, 1.82) is 0 Å². The van der Waals surface area contributed by atoms with E-state index in [2.05, 4.69) is 27.8 Å². The van der Waals surface area contributed by atoms with Gasteiger partial charge in [-0.3, -0.25) is 4.79 Å². The van der Waals surface area contributed by atoms with Gasteiger partial charge in [0.2, 0.25) is 5.91 Å². The number of amides is 1. The molecule has 1 heterocycles. The predicted octanol–water partition coefficient (Wildman–Crippen LogP) is 2.44. The van der Waals surface area contributed by atoms with Gasteiger partial charge in [0.15, 0.2) is 5.96 Å². The number of carbonyl (C=O) groups excluding carboxylic acids is 1. The molecule has 31 heavy (non-hydrogen) atoms. The summed E-state index contributed by atoms with van der Waals surface area (Å²) in [6.45, 7) is 1.58. The van der Waals surface area contributed by atoms with Gasteiger partial charge in [0.25, 0.3) is 0 Å². The lowest BCUT2D eigenvalue weighted by Crippen LogP contribution is -2.40. The molecule has 0 bridgehead atoms. The molecule has 2 aromatic rings. The van der Waals surface area contributed by atoms with E-state index in [9.17, 15) is 4.79 Å². The molecule has 0 spiro atoms. The maximum Gasteiger partial charge on any atom is 0.243 e. The number of aliphatic imine (C=N–C) groups is 1. The number of likely N-dealkylation sites (N-methyl/N-ethyl adjacent to an activating group) is 1. The van der Waals surface area contributed by atoms with Crippen LogP contribution in [0.15, 0.2) is 29.3 Å². The zero-order valence-corrected chi connectivity index (χ0v) is 19.6. The number of nitrogens with zero attached hydrogens (tertiary/aromatic N) is 3. The first-order chi connectivity index (χ1) is 15.0. The summed E-state index contributed by atoms with van der Waals surface area (Å²) < 4.78 is 5.21. The highest BCUT2D eigenvalue weighted by atomic mass is 32.1. The van der Waals surface area contributed by atoms with Gasteiger partial charge in [-0.25, -0.2) is 9.98 Å². The van der Waals surface area contributed by atoms with Crippen molar-refractivity contribution < 1.29 is 9.53 Å². The lowest BCUT2D eigenvalue weighted by atomic mass is 10.0. The molecule has 0 fully saturated rings. The maximum absolute atomic E-state index is 12.0. The number of carbonyl (C=O) groups is 1. The van der Waals surface area contributed by atoms with E-state index < -0.39 is 0 Å². The van der Waals surface area contributed by atoms with Gasteiger partial charge in [-0.2, -0.15) is 0 Å². The van der Waals surface area contributed by atoms with Crippen LogP contribution >= 0.6 is 11.3 Å². The highest BCUT2D eigenvalue weighted by Crippen LogP contribution is 2.26. The molecule has 1 aromatic heterocycles. The van der Waals surface area contributed by atoms with Gasteiger partial charge in [-0.05, 0) is 49.8 Å². The standard InChI is InChI=1S/C23H33N5O2S/c1-28(2)22(29)16-26-23(24-14-12-17-8-10-18(30-3)11-9-17)25-15-13-21-27-19-6-4-5-7-20(19)31-21/h8-11H,4-7,12-16H2,1-3H3,(H2,24,25,26). The van der Waals surface area contributed by atoms with Crippen molar-refractivity contribution in [2.24, 2.45) is 4.99 Å². The smallest absolute Gasteiger partial charge is 0.243 e. The second kappa shape index (κ2) is 11.7. The fourth-order valence-corrected chi connectivity index (χ4v) is 4.54. The number of guanidine groups is 1. The Hall–Kier alpha value is -2.61. The summed E-state index contributed by atoms with van der Waals surface area (Å²) >= 11 is 1.84. The van der Waals surface area contributed by atoms with Crippen molar-refractivity contribution in [3.8, 4) is 5.75 Å². The van der Waals surface area contributed by atoms with Gasteiger partial charge in [-0.15, -0.1) is 11.3 Å². The summed E-state index contributed by atoms with van der Waals surface area (Å²) in [5.41, 5.74) is 2.51. The molecule has 1 aromatic carbocycles. The lowest BCUT2D eigenvalue weighted by Gasteiger charge is -2.13. The number of methoxy groups -OCH3 is 1. The molecular formula is C23H33N5O2S. The number of hydrogen-bond donors (Lipinski definition) is 2. The molecule has 0 saturated heterocycles. The highest BCUT2D eigenvalue weighted by molar-refractivity contribution is 7.11. The van der Waals surface area contributed by atoms with E-state index in [1.54, 1.807) is 26.1 Å². The van der Waals surface area contributed by atoms with E-state index in [4.69, 9.17) is 9.72 Å². The van der Waals surface area contributed by atoms with Gasteiger partial charge in [0.05, 0.1) is 17.8 Å². The molecule has 1 amide bonds. The van der Waals surface area contributed by atoms with Crippen LogP contribution in [0.25, 0.3) is 0 Å². The Morgan fingerprint density at radius 3 is 2.52 bits per heavy atom. The monoisotopic (exact) mass is 443 g/mol. The van der Waals surface area contributed by atoms with Crippen LogP contribution in [0.1, 0.15) is 34.0 Å². The first-order valence-electron chi connectivity index (χ1n) is 10.9. The zero-order valence-electron chi connectivity index (χ0n) is 18.7. The number of aryl methyl sites for hydroxylation is 2. The molecule has 0 saturated carbocycles. The number of aromatic nitrogens is 1. The Morgan fingerprint density at radius 1 is 1.13 bits per heavy atom. The number of rotatable bonds is 9. The van der Waals surface area contributed by atoms with Crippen molar-refractivity contribution in [2.45, 2.75) is 38.5 Å². The number of benzene rings is 1. The second-order valence-corrected chi connectivity index (χ2v) is 9.01. The average Bonchev–Trinajstić information content (AvgIpc) is 3.20. The van der Waals surface area contributed by atoms with Crippen molar-refractivity contribution in [3.63, 3.8) is 0 Å². The maximum atomic E-state index is 12.0. The number of nitrogens with one attached hydrogen (secondary N) is 2. The Bertz CT molecular complexity index is 853. The molecule has 1 aliphatic rings. The van der Waals surface area contributed by atoms with Gasteiger partial charge in [-0.1, -0.05) is 12.1 Å². The minimum absolute atomic E-state index is 0.0242. The number of ether oxygens (including phenoxy) is 1. The van der Waals surface area contributed by atoms with Crippen LogP contribution in [0.2, 0.25) is 0 Å². The molecule has 7 nitrogen and oxygen atoms in total. The van der Waals surface area contributed by atoms with Crippen LogP contribution in [0.3, 0.4) is 0 Å². The fourth-order valence-electron chi connectivity index (χ4n) is 3.38. The Labute approximate surface area is 188 Å². The van der Waals surface area contributed by atoms with Gasteiger partial charge in [0.1, 0.15) is 12.3 Å². The summed E-state index contributed by atoms with van der Waals surface area (Å²) in [5, 5.41) is 7.89. The number of fused-ring (bicyclic) bond motifs is 1. The molecular weight excluding hydrogens is 410 g/mol. The zero-order chi connectivity index (χ0) is 22.1. The summed E-state index contributed by atoms with van der Waals surface area (Å²) in [4.78, 5) is 24.2. The van der Waals surface area contributed by atoms with Gasteiger partial charge in [0, 0.05) is 38.5 Å². The van der Waals surface area contributed by atoms with Gasteiger partial charge >= 0.3 is 0 Å². The topological polar surface area (TPSA) is 78.8 Å². The second-order valence-electron chi connectivity index (χ2n) is 7.84. The summed E-state index contributed by atoms with van der Waals surface area (Å²) in [6.07, 6.45) is 6.53. The van der Waals surface area contributed by atoms with Crippen LogP contribution in [0.5, 0.6) is 5.75 Å². The number of hydrogen-bond acceptors (Lipinski definition) is 5. The molecule has 0 radical (unpaired) electrons. The minimum atomic E-state index is -0.0242. The molecule has 0 aliphatic heterocycles. The normalized spacial score (nSPS) is 13.5. The highest BCUT2D eigenvalue weighted by Gasteiger charge is 2.15. The van der Waals surface area contributed by atoms with Crippen LogP contribution in [0.4, 0.5) is 0 Å². The third-order valence-electron chi connectivity index (χ3n) is 5.26. The van der Waals surface area contributed by atoms with Crippen LogP contribution in [0, 0.1) is 0 Å². The molecule has 168 valence electrons. The van der Waals surface area contributed by atoms with E-state index in [0.717, 1.165) is 38.1 Å². The summed E-state index contributed by atoms with van der Waals surface area (Å²) in [5.74, 6) is 1.49. The first kappa shape index (κ1) is 23.1. The molecule has 1 aliphatic carbocycles. The molecule has 0 atom stereocenters. The largest absolute Gasteiger partial charge is 0.497 e. The fraction of sp³-hybridized carbons (Fsp3) is 0.522. The third kappa shape index (κ3) is 7.24. The van der Waals surface area contributed by atoms with E-state index in [0.29, 0.717) is 5.96 Å². The minimum Gasteiger partial charge on any atom is -0.497 e. The average molecular weight is 444 g/mol. The van der Waals surface area contributed by atoms with Crippen molar-refractivity contribution in [1.82, 2.24) is 20.5 Å². The third-order valence-corrected chi connectivity index (χ3v) is 6.47. The first-order valence-corrected chi connectivity index (χ1v) is 11.7. The summed E-state index contributed by atoms with van der Waals surface area (Å²) in [7, 11) is 5.15. The molecule has 3 rings (SSSR count). The van der Waals surface area contributed by atoms with Crippen molar-refractivity contribution in [2.75, 3.05) is 40.8 Å². The van der Waals surface area contributed by atoms with E-state index in [1.165, 1.54) is 40.4 Å². The Morgan fingerprint density at radius 2 is 1.84 bits per heavy atom. The van der Waals surface area contributed by atoms with Gasteiger partial charge < -0.3 is 20.3 Å². The molecule has 0 unspecified atom stereocenters. The lowest BCUT2D eigenvalue weighted by molar-refractivity contribution is -0.127. The number of thiazole rings is 1. The molecule has 8 heteroatoms. The molecule has 2 N–H and O–H groups in total. The van der Waals surface area contributed by atoms with E-state index >= 15 is 0 Å². The predicted molar refractivity (Wildman–Crippen MR) is 126 cm³/mol. The van der Waals surface area contributed by atoms with Crippen LogP contribution in [-0.4, -0.2) is 62.6 Å². The summed E-state index contributed by atoms with van der Waals surface area (Å²) in [6, 6.07) is 8.05. The quantitative estimate of drug-likeness (QED) is 0.460. The van der Waals surface area contributed by atoms with E-state index in [1.807, 2.05) is 23.5 Å². The van der Waals surface area contributed by atoms with E-state index in [-0.39, 0.29) is 12.5 Å². The Balaban J connectivity index is 1.51. The van der Waals surface area contributed by atoms with Crippen molar-refractivity contribution >= 4 is 23.2 Å². The SMILES string of the molecule is COc1ccc(CCNC(=NCC(=O)N(C)C)NCCc2nc3c(s2)CCCC3)cc1.